The summed E-state index contributed by atoms with van der Waals surface area (Å²) in [7, 11) is 0. The van der Waals surface area contributed by atoms with Gasteiger partial charge in [0.1, 0.15) is 11.5 Å². The number of halogens is 1. The third-order valence-corrected chi connectivity index (χ3v) is 3.03. The summed E-state index contributed by atoms with van der Waals surface area (Å²) < 4.78 is 6.81. The van der Waals surface area contributed by atoms with Gasteiger partial charge in [-0.15, -0.1) is 0 Å². The SMILES string of the molecule is Cc1ccc(Oc2cc(Br)ccc2C)c(N)c1. The second-order valence-electron chi connectivity index (χ2n) is 4.05. The van der Waals surface area contributed by atoms with E-state index >= 15 is 0 Å². The summed E-state index contributed by atoms with van der Waals surface area (Å²) in [6.07, 6.45) is 0. The molecule has 0 spiro atoms. The topological polar surface area (TPSA) is 35.2 Å². The van der Waals surface area contributed by atoms with Crippen molar-refractivity contribution in [2.75, 3.05) is 5.73 Å². The maximum absolute atomic E-state index is 5.92. The van der Waals surface area contributed by atoms with Crippen LogP contribution in [0.2, 0.25) is 0 Å². The molecule has 0 amide bonds. The van der Waals surface area contributed by atoms with Crippen molar-refractivity contribution in [2.24, 2.45) is 0 Å². The van der Waals surface area contributed by atoms with Gasteiger partial charge in [-0.3, -0.25) is 0 Å². The number of hydrogen-bond acceptors (Lipinski definition) is 2. The zero-order valence-corrected chi connectivity index (χ0v) is 11.4. The molecule has 0 aliphatic heterocycles. The third-order valence-electron chi connectivity index (χ3n) is 2.54. The van der Waals surface area contributed by atoms with Crippen LogP contribution in [0.25, 0.3) is 0 Å². The van der Waals surface area contributed by atoms with Crippen LogP contribution in [-0.4, -0.2) is 0 Å². The smallest absolute Gasteiger partial charge is 0.150 e. The van der Waals surface area contributed by atoms with E-state index in [9.17, 15) is 0 Å². The Morgan fingerprint density at radius 1 is 1.00 bits per heavy atom. The van der Waals surface area contributed by atoms with Crippen LogP contribution in [0.1, 0.15) is 11.1 Å². The van der Waals surface area contributed by atoms with Crippen molar-refractivity contribution in [3.05, 3.63) is 52.0 Å². The highest BCUT2D eigenvalue weighted by Crippen LogP contribution is 2.31. The molecule has 17 heavy (non-hydrogen) atoms. The summed E-state index contributed by atoms with van der Waals surface area (Å²) in [6, 6.07) is 11.7. The Morgan fingerprint density at radius 2 is 1.76 bits per heavy atom. The zero-order chi connectivity index (χ0) is 12.4. The van der Waals surface area contributed by atoms with Crippen LogP contribution in [0.15, 0.2) is 40.9 Å². The molecule has 0 saturated carbocycles. The molecular formula is C14H14BrNO. The van der Waals surface area contributed by atoms with Gasteiger partial charge in [-0.2, -0.15) is 0 Å². The van der Waals surface area contributed by atoms with Crippen LogP contribution in [0.3, 0.4) is 0 Å². The molecule has 0 aliphatic carbocycles. The number of nitrogen functional groups attached to an aromatic ring is 1. The van der Waals surface area contributed by atoms with Crippen LogP contribution in [0.4, 0.5) is 5.69 Å². The Morgan fingerprint density at radius 3 is 2.47 bits per heavy atom. The third kappa shape index (κ3) is 2.80. The van der Waals surface area contributed by atoms with Crippen molar-refractivity contribution in [2.45, 2.75) is 13.8 Å². The summed E-state index contributed by atoms with van der Waals surface area (Å²) in [5.41, 5.74) is 8.78. The van der Waals surface area contributed by atoms with E-state index in [-0.39, 0.29) is 0 Å². The maximum atomic E-state index is 5.92. The Hall–Kier alpha value is -1.48. The van der Waals surface area contributed by atoms with Crippen molar-refractivity contribution < 1.29 is 4.74 Å². The molecule has 2 N–H and O–H groups in total. The molecule has 0 aromatic heterocycles. The summed E-state index contributed by atoms with van der Waals surface area (Å²) in [4.78, 5) is 0. The number of anilines is 1. The fourth-order valence-corrected chi connectivity index (χ4v) is 1.90. The molecule has 0 bridgehead atoms. The van der Waals surface area contributed by atoms with Crippen molar-refractivity contribution in [1.82, 2.24) is 0 Å². The van der Waals surface area contributed by atoms with Crippen LogP contribution >= 0.6 is 15.9 Å². The molecule has 2 aromatic rings. The lowest BCUT2D eigenvalue weighted by Gasteiger charge is -2.11. The summed E-state index contributed by atoms with van der Waals surface area (Å²) in [5.74, 6) is 1.51. The first-order chi connectivity index (χ1) is 8.06. The highest BCUT2D eigenvalue weighted by atomic mass is 79.9. The summed E-state index contributed by atoms with van der Waals surface area (Å²) in [6.45, 7) is 4.01. The number of aryl methyl sites for hydroxylation is 2. The van der Waals surface area contributed by atoms with Gasteiger partial charge >= 0.3 is 0 Å². The van der Waals surface area contributed by atoms with Gasteiger partial charge < -0.3 is 10.5 Å². The molecule has 0 unspecified atom stereocenters. The largest absolute Gasteiger partial charge is 0.455 e. The van der Waals surface area contributed by atoms with Crippen molar-refractivity contribution >= 4 is 21.6 Å². The average Bonchev–Trinajstić information content (AvgIpc) is 2.27. The van der Waals surface area contributed by atoms with Crippen molar-refractivity contribution in [1.29, 1.82) is 0 Å². The Kier molecular flexibility index (Phi) is 3.38. The standard InChI is InChI=1S/C14H14BrNO/c1-9-3-6-13(12(16)7-9)17-14-8-11(15)5-4-10(14)2/h3-8H,16H2,1-2H3. The number of benzene rings is 2. The highest BCUT2D eigenvalue weighted by molar-refractivity contribution is 9.10. The minimum absolute atomic E-state index is 0.657. The predicted molar refractivity (Wildman–Crippen MR) is 74.5 cm³/mol. The van der Waals surface area contributed by atoms with E-state index in [1.54, 1.807) is 0 Å². The number of hydrogen-bond donors (Lipinski definition) is 1. The van der Waals surface area contributed by atoms with Gasteiger partial charge in [0.2, 0.25) is 0 Å². The van der Waals surface area contributed by atoms with Crippen LogP contribution < -0.4 is 10.5 Å². The first-order valence-corrected chi connectivity index (χ1v) is 6.15. The van der Waals surface area contributed by atoms with Gasteiger partial charge in [0, 0.05) is 4.47 Å². The lowest BCUT2D eigenvalue weighted by molar-refractivity contribution is 0.481. The quantitative estimate of drug-likeness (QED) is 0.830. The fourth-order valence-electron chi connectivity index (χ4n) is 1.56. The molecule has 0 saturated heterocycles. The molecular weight excluding hydrogens is 278 g/mol. The van der Waals surface area contributed by atoms with E-state index in [4.69, 9.17) is 10.5 Å². The molecule has 2 nitrogen and oxygen atoms in total. The minimum Gasteiger partial charge on any atom is -0.455 e. The molecule has 0 atom stereocenters. The van der Waals surface area contributed by atoms with E-state index in [0.717, 1.165) is 21.3 Å². The molecule has 0 heterocycles. The van der Waals surface area contributed by atoms with E-state index in [1.165, 1.54) is 0 Å². The summed E-state index contributed by atoms with van der Waals surface area (Å²) in [5, 5.41) is 0. The minimum atomic E-state index is 0.657. The predicted octanol–water partition coefficient (Wildman–Crippen LogP) is 4.44. The molecule has 2 rings (SSSR count). The molecule has 0 aliphatic rings. The Bertz CT molecular complexity index is 552. The van der Waals surface area contributed by atoms with Gasteiger partial charge in [0.15, 0.2) is 0 Å². The Labute approximate surface area is 110 Å². The molecule has 0 radical (unpaired) electrons. The number of ether oxygens (including phenoxy) is 1. The van der Waals surface area contributed by atoms with Crippen LogP contribution in [0.5, 0.6) is 11.5 Å². The van der Waals surface area contributed by atoms with Gasteiger partial charge in [-0.25, -0.2) is 0 Å². The van der Waals surface area contributed by atoms with E-state index < -0.39 is 0 Å². The van der Waals surface area contributed by atoms with Gasteiger partial charge in [0.25, 0.3) is 0 Å². The van der Waals surface area contributed by atoms with E-state index in [2.05, 4.69) is 15.9 Å². The van der Waals surface area contributed by atoms with E-state index in [1.807, 2.05) is 50.2 Å². The van der Waals surface area contributed by atoms with Gasteiger partial charge in [0.05, 0.1) is 5.69 Å². The van der Waals surface area contributed by atoms with Crippen molar-refractivity contribution in [3.8, 4) is 11.5 Å². The fraction of sp³-hybridized carbons (Fsp3) is 0.143. The number of nitrogens with two attached hydrogens (primary N) is 1. The van der Waals surface area contributed by atoms with Crippen LogP contribution in [-0.2, 0) is 0 Å². The lowest BCUT2D eigenvalue weighted by atomic mass is 10.2. The first kappa shape index (κ1) is 12.0. The normalized spacial score (nSPS) is 10.3. The summed E-state index contributed by atoms with van der Waals surface area (Å²) >= 11 is 3.43. The van der Waals surface area contributed by atoms with Gasteiger partial charge in [-0.05, 0) is 49.2 Å². The monoisotopic (exact) mass is 291 g/mol. The maximum Gasteiger partial charge on any atom is 0.150 e. The van der Waals surface area contributed by atoms with Gasteiger partial charge in [-0.1, -0.05) is 28.1 Å². The highest BCUT2D eigenvalue weighted by Gasteiger charge is 2.05. The molecule has 2 aromatic carbocycles. The molecule has 3 heteroatoms. The number of rotatable bonds is 2. The molecule has 0 fully saturated rings. The average molecular weight is 292 g/mol. The molecule has 88 valence electrons. The first-order valence-electron chi connectivity index (χ1n) is 5.36. The lowest BCUT2D eigenvalue weighted by Crippen LogP contribution is -1.94. The van der Waals surface area contributed by atoms with E-state index in [0.29, 0.717) is 11.4 Å². The van der Waals surface area contributed by atoms with Crippen molar-refractivity contribution in [3.63, 3.8) is 0 Å². The van der Waals surface area contributed by atoms with Crippen LogP contribution in [0, 0.1) is 13.8 Å². The zero-order valence-electron chi connectivity index (χ0n) is 9.83. The second-order valence-corrected chi connectivity index (χ2v) is 4.97. The second kappa shape index (κ2) is 4.80. The Balaban J connectivity index is 2.34.